The third kappa shape index (κ3) is 7.44. The van der Waals surface area contributed by atoms with Crippen LogP contribution < -0.4 is 10.1 Å². The normalized spacial score (nSPS) is 19.2. The monoisotopic (exact) mass is 454 g/mol. The van der Waals surface area contributed by atoms with Crippen LogP contribution in [0.2, 0.25) is 0 Å². The third-order valence-electron chi connectivity index (χ3n) is 6.13. The van der Waals surface area contributed by atoms with Crippen molar-refractivity contribution in [3.63, 3.8) is 0 Å². The van der Waals surface area contributed by atoms with Gasteiger partial charge >= 0.3 is 5.97 Å². The number of aromatic nitrogens is 1. The number of hydrogen-bond donors (Lipinski definition) is 1. The van der Waals surface area contributed by atoms with E-state index >= 15 is 0 Å². The van der Waals surface area contributed by atoms with Gasteiger partial charge in [0.1, 0.15) is 17.0 Å². The number of esters is 1. The van der Waals surface area contributed by atoms with Gasteiger partial charge < -0.3 is 14.8 Å². The van der Waals surface area contributed by atoms with Crippen LogP contribution in [-0.4, -0.2) is 35.1 Å². The average Bonchev–Trinajstić information content (AvgIpc) is 2.71. The van der Waals surface area contributed by atoms with E-state index in [1.54, 1.807) is 6.07 Å². The Morgan fingerprint density at radius 2 is 1.70 bits per heavy atom. The highest BCUT2D eigenvalue weighted by Crippen LogP contribution is 2.38. The summed E-state index contributed by atoms with van der Waals surface area (Å²) in [5, 5.41) is 3.66. The zero-order valence-corrected chi connectivity index (χ0v) is 20.9. The molecule has 1 aliphatic carbocycles. The number of fused-ring (bicyclic) bond motifs is 1. The highest BCUT2D eigenvalue weighted by molar-refractivity contribution is 5.95. The summed E-state index contributed by atoms with van der Waals surface area (Å²) in [5.74, 6) is 0.954. The molecule has 0 radical (unpaired) electrons. The molecule has 180 valence electrons. The van der Waals surface area contributed by atoms with Crippen LogP contribution in [0.5, 0.6) is 5.75 Å². The van der Waals surface area contributed by atoms with E-state index in [0.29, 0.717) is 11.1 Å². The molecule has 0 bridgehead atoms. The minimum absolute atomic E-state index is 0.120. The van der Waals surface area contributed by atoms with Crippen LogP contribution >= 0.6 is 0 Å². The number of pyridine rings is 1. The van der Waals surface area contributed by atoms with E-state index in [9.17, 15) is 9.59 Å². The number of nitrogens with one attached hydrogen (secondary N) is 1. The molecule has 1 N–H and O–H groups in total. The molecule has 0 spiro atoms. The predicted octanol–water partition coefficient (Wildman–Crippen LogP) is 5.68. The van der Waals surface area contributed by atoms with Crippen molar-refractivity contribution in [3.8, 4) is 5.75 Å². The first-order valence-electron chi connectivity index (χ1n) is 12.0. The Morgan fingerprint density at radius 1 is 1.00 bits per heavy atom. The number of ether oxygens (including phenoxy) is 2. The number of carbonyl (C=O) groups excluding carboxylic acids is 2. The van der Waals surface area contributed by atoms with Crippen LogP contribution in [0.15, 0.2) is 30.3 Å². The minimum Gasteiger partial charge on any atom is -0.490 e. The largest absolute Gasteiger partial charge is 0.490 e. The van der Waals surface area contributed by atoms with Gasteiger partial charge in [0.05, 0.1) is 18.0 Å². The van der Waals surface area contributed by atoms with Crippen LogP contribution in [0.1, 0.15) is 84.1 Å². The van der Waals surface area contributed by atoms with E-state index in [2.05, 4.69) is 31.1 Å². The molecule has 1 fully saturated rings. The molecule has 0 aliphatic heterocycles. The fraction of sp³-hybridized carbons (Fsp3) is 0.593. The van der Waals surface area contributed by atoms with Gasteiger partial charge in [-0.15, -0.1) is 0 Å². The summed E-state index contributed by atoms with van der Waals surface area (Å²) in [6, 6.07) is 9.39. The van der Waals surface area contributed by atoms with Crippen LogP contribution in [0.4, 0.5) is 0 Å². The molecule has 1 aliphatic rings. The zero-order valence-electron chi connectivity index (χ0n) is 20.9. The van der Waals surface area contributed by atoms with Gasteiger partial charge in [0.25, 0.3) is 5.91 Å². The Labute approximate surface area is 197 Å². The quantitative estimate of drug-likeness (QED) is 0.568. The SMILES string of the molecule is CC(C)(C)OC(=O)CCNC(=O)c1ccc2cc(O[C@H]3CC[C@H](C(C)(C)C)CC3)ccc2n1. The van der Waals surface area contributed by atoms with Crippen molar-refractivity contribution in [1.29, 1.82) is 0 Å². The van der Waals surface area contributed by atoms with Gasteiger partial charge in [-0.2, -0.15) is 0 Å². The lowest BCUT2D eigenvalue weighted by Crippen LogP contribution is -2.30. The van der Waals surface area contributed by atoms with E-state index in [-0.39, 0.29) is 30.9 Å². The van der Waals surface area contributed by atoms with Crippen molar-refractivity contribution in [3.05, 3.63) is 36.0 Å². The summed E-state index contributed by atoms with van der Waals surface area (Å²) >= 11 is 0. The molecule has 1 saturated carbocycles. The van der Waals surface area contributed by atoms with Gasteiger partial charge in [0.15, 0.2) is 0 Å². The lowest BCUT2D eigenvalue weighted by atomic mass is 9.72. The van der Waals surface area contributed by atoms with Crippen molar-refractivity contribution in [2.24, 2.45) is 11.3 Å². The zero-order chi connectivity index (χ0) is 24.2. The van der Waals surface area contributed by atoms with Gasteiger partial charge in [-0.25, -0.2) is 4.98 Å². The number of carbonyl (C=O) groups is 2. The van der Waals surface area contributed by atoms with Crippen molar-refractivity contribution in [2.75, 3.05) is 6.54 Å². The summed E-state index contributed by atoms with van der Waals surface area (Å²) in [7, 11) is 0. The Morgan fingerprint density at radius 3 is 2.33 bits per heavy atom. The van der Waals surface area contributed by atoms with Gasteiger partial charge in [0.2, 0.25) is 0 Å². The highest BCUT2D eigenvalue weighted by Gasteiger charge is 2.30. The van der Waals surface area contributed by atoms with E-state index in [4.69, 9.17) is 9.47 Å². The molecular formula is C27H38N2O4. The Balaban J connectivity index is 1.54. The summed E-state index contributed by atoms with van der Waals surface area (Å²) in [4.78, 5) is 28.7. The number of benzene rings is 1. The lowest BCUT2D eigenvalue weighted by molar-refractivity contribution is -0.154. The molecule has 6 nitrogen and oxygen atoms in total. The maximum absolute atomic E-state index is 12.4. The number of rotatable bonds is 6. The molecule has 1 amide bonds. The fourth-order valence-electron chi connectivity index (χ4n) is 4.30. The second kappa shape index (κ2) is 10.1. The summed E-state index contributed by atoms with van der Waals surface area (Å²) in [5.41, 5.74) is 0.883. The van der Waals surface area contributed by atoms with Gasteiger partial charge in [-0.05, 0) is 82.1 Å². The molecule has 1 aromatic heterocycles. The standard InChI is InChI=1S/C27H38N2O4/c1-26(2,3)19-8-10-20(11-9-19)32-21-12-14-22-18(17-21)7-13-23(29-22)25(31)28-16-15-24(30)33-27(4,5)6/h7,12-14,17,19-20H,8-11,15-16H2,1-6H3,(H,28,31)/t19-,20-. The number of nitrogens with zero attached hydrogens (tertiary/aromatic N) is 1. The first kappa shape index (κ1) is 25.0. The molecule has 0 unspecified atom stereocenters. The Kier molecular flexibility index (Phi) is 7.65. The van der Waals surface area contributed by atoms with Crippen LogP contribution in [0.25, 0.3) is 10.9 Å². The summed E-state index contributed by atoms with van der Waals surface area (Å²) in [6.07, 6.45) is 4.95. The predicted molar refractivity (Wildman–Crippen MR) is 130 cm³/mol. The Bertz CT molecular complexity index is 980. The Hall–Kier alpha value is -2.63. The molecule has 33 heavy (non-hydrogen) atoms. The van der Waals surface area contributed by atoms with E-state index in [0.717, 1.165) is 35.4 Å². The van der Waals surface area contributed by atoms with Crippen molar-refractivity contribution >= 4 is 22.8 Å². The second-order valence-electron chi connectivity index (χ2n) is 11.1. The molecule has 3 rings (SSSR count). The minimum atomic E-state index is -0.532. The van der Waals surface area contributed by atoms with E-state index in [1.807, 2.05) is 45.0 Å². The lowest BCUT2D eigenvalue weighted by Gasteiger charge is -2.36. The van der Waals surface area contributed by atoms with Crippen LogP contribution in [0.3, 0.4) is 0 Å². The molecule has 1 aromatic carbocycles. The van der Waals surface area contributed by atoms with Gasteiger partial charge in [-0.1, -0.05) is 26.8 Å². The molecule has 0 saturated heterocycles. The molecular weight excluding hydrogens is 416 g/mol. The van der Waals surface area contributed by atoms with Crippen molar-refractivity contribution < 1.29 is 19.1 Å². The first-order valence-corrected chi connectivity index (χ1v) is 12.0. The fourth-order valence-corrected chi connectivity index (χ4v) is 4.30. The maximum atomic E-state index is 12.4. The number of hydrogen-bond acceptors (Lipinski definition) is 5. The summed E-state index contributed by atoms with van der Waals surface area (Å²) < 4.78 is 11.5. The van der Waals surface area contributed by atoms with E-state index < -0.39 is 5.60 Å². The summed E-state index contributed by atoms with van der Waals surface area (Å²) in [6.45, 7) is 12.6. The molecule has 0 atom stereocenters. The molecule has 2 aromatic rings. The highest BCUT2D eigenvalue weighted by atomic mass is 16.6. The van der Waals surface area contributed by atoms with Crippen molar-refractivity contribution in [2.45, 2.75) is 85.4 Å². The van der Waals surface area contributed by atoms with Crippen LogP contribution in [-0.2, 0) is 9.53 Å². The van der Waals surface area contributed by atoms with E-state index in [1.165, 1.54) is 12.8 Å². The molecule has 6 heteroatoms. The van der Waals surface area contributed by atoms with Crippen LogP contribution in [0, 0.1) is 11.3 Å². The topological polar surface area (TPSA) is 77.5 Å². The first-order chi connectivity index (χ1) is 15.4. The van der Waals surface area contributed by atoms with Gasteiger partial charge in [-0.3, -0.25) is 9.59 Å². The second-order valence-corrected chi connectivity index (χ2v) is 11.1. The smallest absolute Gasteiger partial charge is 0.308 e. The number of amides is 1. The third-order valence-corrected chi connectivity index (χ3v) is 6.13. The van der Waals surface area contributed by atoms with Gasteiger partial charge in [0, 0.05) is 11.9 Å². The van der Waals surface area contributed by atoms with Crippen molar-refractivity contribution in [1.82, 2.24) is 10.3 Å². The average molecular weight is 455 g/mol. The molecule has 1 heterocycles. The maximum Gasteiger partial charge on any atom is 0.308 e.